The van der Waals surface area contributed by atoms with Crippen LogP contribution >= 0.6 is 0 Å². The first-order chi connectivity index (χ1) is 11.9. The monoisotopic (exact) mass is 370 g/mol. The molecule has 1 unspecified atom stereocenters. The van der Waals surface area contributed by atoms with Gasteiger partial charge in [-0.1, -0.05) is 41.2 Å². The van der Waals surface area contributed by atoms with Crippen molar-refractivity contribution in [1.29, 1.82) is 0 Å². The van der Waals surface area contributed by atoms with Crippen molar-refractivity contribution in [3.63, 3.8) is 0 Å². The van der Waals surface area contributed by atoms with Crippen LogP contribution < -0.4 is 10.6 Å². The lowest BCUT2D eigenvalue weighted by molar-refractivity contribution is -0.139. The Bertz CT molecular complexity index is 470. The van der Waals surface area contributed by atoms with Gasteiger partial charge < -0.3 is 15.4 Å². The molecule has 0 spiro atoms. The molecule has 26 heavy (non-hydrogen) atoms. The number of carbonyl (C=O) groups excluding carboxylic acids is 3. The van der Waals surface area contributed by atoms with Gasteiger partial charge in [0, 0.05) is 22.9 Å². The largest absolute Gasteiger partial charge is 0.460 e. The quantitative estimate of drug-likeness (QED) is 0.371. The molecule has 0 heterocycles. The van der Waals surface area contributed by atoms with E-state index in [-0.39, 0.29) is 35.8 Å². The Labute approximate surface area is 159 Å². The second kappa shape index (κ2) is 13.4. The summed E-state index contributed by atoms with van der Waals surface area (Å²) in [4.78, 5) is 33.7. The molecule has 0 aliphatic rings. The fourth-order valence-corrected chi connectivity index (χ4v) is 1.44. The van der Waals surface area contributed by atoms with E-state index in [1.165, 1.54) is 0 Å². The highest BCUT2D eigenvalue weighted by Gasteiger charge is 2.24. The first-order valence-corrected chi connectivity index (χ1v) is 9.30. The van der Waals surface area contributed by atoms with Crippen LogP contribution in [0.1, 0.15) is 68.2 Å². The molecule has 1 atom stereocenters. The van der Waals surface area contributed by atoms with Crippen molar-refractivity contribution < 1.29 is 19.1 Å². The molecule has 0 aliphatic carbocycles. The lowest BCUT2D eigenvalue weighted by Gasteiger charge is -2.21. The van der Waals surface area contributed by atoms with E-state index in [1.54, 1.807) is 6.92 Å². The first-order valence-electron chi connectivity index (χ1n) is 9.30. The Balaban J connectivity index is 0. The summed E-state index contributed by atoms with van der Waals surface area (Å²) in [5.41, 5.74) is -0.0153. The smallest absolute Gasteiger partial charge is 0.333 e. The van der Waals surface area contributed by atoms with Gasteiger partial charge in [-0.05, 0) is 33.6 Å². The predicted octanol–water partition coefficient (Wildman–Crippen LogP) is 3.22. The summed E-state index contributed by atoms with van der Waals surface area (Å²) < 4.78 is 4.85. The van der Waals surface area contributed by atoms with Crippen LogP contribution in [0.15, 0.2) is 12.2 Å². The standard InChI is InChI=1S/C12H21NO3.C8H17NO/c1-6-12(4,5)11(15)13-7-8-16-10(14)9(2)3;1-5-7(4)8(10)9-6(2)3/h2,6-8H2,1,3-5H3,(H,13,15);6-7H,5H2,1-4H3,(H,9,10). The molecule has 2 amide bonds. The number of amides is 2. The van der Waals surface area contributed by atoms with E-state index in [1.807, 2.05) is 48.5 Å². The minimum atomic E-state index is -0.427. The van der Waals surface area contributed by atoms with Crippen LogP contribution in [0.5, 0.6) is 0 Å². The summed E-state index contributed by atoms with van der Waals surface area (Å²) in [6.07, 6.45) is 1.68. The highest BCUT2D eigenvalue weighted by atomic mass is 16.5. The predicted molar refractivity (Wildman–Crippen MR) is 106 cm³/mol. The summed E-state index contributed by atoms with van der Waals surface area (Å²) in [5.74, 6) is -0.134. The molecule has 6 nitrogen and oxygen atoms in total. The number of hydrogen-bond donors (Lipinski definition) is 2. The summed E-state index contributed by atoms with van der Waals surface area (Å²) in [5, 5.41) is 5.58. The Morgan fingerprint density at radius 1 is 1.12 bits per heavy atom. The number of ether oxygens (including phenoxy) is 1. The van der Waals surface area contributed by atoms with E-state index in [9.17, 15) is 14.4 Å². The van der Waals surface area contributed by atoms with Crippen LogP contribution in [0.2, 0.25) is 0 Å². The lowest BCUT2D eigenvalue weighted by atomic mass is 9.89. The first kappa shape index (κ1) is 26.4. The molecule has 6 heteroatoms. The Kier molecular flexibility index (Phi) is 13.6. The summed E-state index contributed by atoms with van der Waals surface area (Å²) >= 11 is 0. The van der Waals surface area contributed by atoms with Crippen molar-refractivity contribution in [3.8, 4) is 0 Å². The number of esters is 1. The topological polar surface area (TPSA) is 84.5 Å². The average Bonchev–Trinajstić information content (AvgIpc) is 2.57. The SMILES string of the molecule is C=C(C)C(=O)OCCNC(=O)C(C)(C)CC.CCC(C)C(=O)NC(C)C. The molecular formula is C20H38N2O4. The molecule has 0 saturated heterocycles. The molecule has 0 fully saturated rings. The van der Waals surface area contributed by atoms with Gasteiger partial charge in [0.05, 0.1) is 6.54 Å². The average molecular weight is 371 g/mol. The molecule has 0 aliphatic heterocycles. The maximum absolute atomic E-state index is 11.6. The van der Waals surface area contributed by atoms with Gasteiger partial charge in [0.25, 0.3) is 0 Å². The van der Waals surface area contributed by atoms with Gasteiger partial charge in [-0.2, -0.15) is 0 Å². The van der Waals surface area contributed by atoms with Gasteiger partial charge in [0.15, 0.2) is 0 Å². The normalized spacial score (nSPS) is 11.7. The lowest BCUT2D eigenvalue weighted by Crippen LogP contribution is -2.38. The van der Waals surface area contributed by atoms with Gasteiger partial charge >= 0.3 is 5.97 Å². The molecule has 0 rings (SSSR count). The molecular weight excluding hydrogens is 332 g/mol. The van der Waals surface area contributed by atoms with Crippen molar-refractivity contribution >= 4 is 17.8 Å². The number of carbonyl (C=O) groups is 3. The molecule has 0 aromatic carbocycles. The number of hydrogen-bond acceptors (Lipinski definition) is 4. The minimum absolute atomic E-state index is 0.0265. The minimum Gasteiger partial charge on any atom is -0.460 e. The zero-order valence-electron chi connectivity index (χ0n) is 17.8. The zero-order valence-corrected chi connectivity index (χ0v) is 17.8. The fourth-order valence-electron chi connectivity index (χ4n) is 1.44. The van der Waals surface area contributed by atoms with Crippen molar-refractivity contribution in [1.82, 2.24) is 10.6 Å². The summed E-state index contributed by atoms with van der Waals surface area (Å²) in [6, 6.07) is 0.265. The van der Waals surface area contributed by atoms with E-state index < -0.39 is 5.97 Å². The van der Waals surface area contributed by atoms with Gasteiger partial charge in [0.1, 0.15) is 6.61 Å². The highest BCUT2D eigenvalue weighted by molar-refractivity contribution is 5.87. The summed E-state index contributed by atoms with van der Waals surface area (Å²) in [6.45, 7) is 19.2. The molecule has 0 aromatic rings. The Hall–Kier alpha value is -1.85. The van der Waals surface area contributed by atoms with Crippen LogP contribution in [0.4, 0.5) is 0 Å². The van der Waals surface area contributed by atoms with Crippen LogP contribution in [0, 0.1) is 11.3 Å². The second-order valence-corrected chi connectivity index (χ2v) is 7.38. The van der Waals surface area contributed by atoms with E-state index in [0.717, 1.165) is 12.8 Å². The van der Waals surface area contributed by atoms with Crippen LogP contribution in [-0.4, -0.2) is 37.0 Å². The summed E-state index contributed by atoms with van der Waals surface area (Å²) in [7, 11) is 0. The second-order valence-electron chi connectivity index (χ2n) is 7.38. The van der Waals surface area contributed by atoms with Gasteiger partial charge in [-0.3, -0.25) is 9.59 Å². The Morgan fingerprint density at radius 2 is 1.65 bits per heavy atom. The zero-order chi connectivity index (χ0) is 20.9. The maximum Gasteiger partial charge on any atom is 0.333 e. The Morgan fingerprint density at radius 3 is 2.04 bits per heavy atom. The van der Waals surface area contributed by atoms with Crippen LogP contribution in [-0.2, 0) is 19.1 Å². The molecule has 0 aromatic heterocycles. The van der Waals surface area contributed by atoms with Crippen molar-refractivity contribution in [2.75, 3.05) is 13.2 Å². The molecule has 0 bridgehead atoms. The number of rotatable bonds is 9. The van der Waals surface area contributed by atoms with Crippen LogP contribution in [0.25, 0.3) is 0 Å². The molecule has 0 saturated carbocycles. The van der Waals surface area contributed by atoms with Crippen molar-refractivity contribution in [3.05, 3.63) is 12.2 Å². The molecule has 152 valence electrons. The highest BCUT2D eigenvalue weighted by Crippen LogP contribution is 2.18. The van der Waals surface area contributed by atoms with E-state index in [0.29, 0.717) is 12.1 Å². The fraction of sp³-hybridized carbons (Fsp3) is 0.750. The van der Waals surface area contributed by atoms with Gasteiger partial charge in [-0.25, -0.2) is 4.79 Å². The maximum atomic E-state index is 11.6. The third kappa shape index (κ3) is 12.5. The van der Waals surface area contributed by atoms with E-state index >= 15 is 0 Å². The third-order valence-electron chi connectivity index (χ3n) is 3.96. The third-order valence-corrected chi connectivity index (χ3v) is 3.96. The molecule has 2 N–H and O–H groups in total. The van der Waals surface area contributed by atoms with Crippen molar-refractivity contribution in [2.24, 2.45) is 11.3 Å². The van der Waals surface area contributed by atoms with Gasteiger partial charge in [0.2, 0.25) is 11.8 Å². The van der Waals surface area contributed by atoms with Crippen molar-refractivity contribution in [2.45, 2.75) is 74.3 Å². The molecule has 0 radical (unpaired) electrons. The van der Waals surface area contributed by atoms with Crippen LogP contribution in [0.3, 0.4) is 0 Å². The van der Waals surface area contributed by atoms with E-state index in [2.05, 4.69) is 17.2 Å². The van der Waals surface area contributed by atoms with E-state index in [4.69, 9.17) is 4.74 Å². The van der Waals surface area contributed by atoms with Gasteiger partial charge in [-0.15, -0.1) is 0 Å². The number of nitrogens with one attached hydrogen (secondary N) is 2.